The second-order valence-corrected chi connectivity index (χ2v) is 2.68. The van der Waals surface area contributed by atoms with Crippen LogP contribution in [0.25, 0.3) is 0 Å². The number of carbonyl (C=O) groups excluding carboxylic acids is 1. The lowest BCUT2D eigenvalue weighted by atomic mass is 10.2. The van der Waals surface area contributed by atoms with Gasteiger partial charge in [-0.1, -0.05) is 13.3 Å². The van der Waals surface area contributed by atoms with Crippen LogP contribution in [-0.2, 0) is 4.79 Å². The van der Waals surface area contributed by atoms with Crippen LogP contribution in [0.1, 0.15) is 26.7 Å². The summed E-state index contributed by atoms with van der Waals surface area (Å²) >= 11 is 5.70. The predicted molar refractivity (Wildman–Crippen MR) is 43.2 cm³/mol. The highest BCUT2D eigenvalue weighted by Gasteiger charge is 2.11. The number of rotatable bonds is 4. The fourth-order valence-corrected chi connectivity index (χ4v) is 0.965. The van der Waals surface area contributed by atoms with Crippen molar-refractivity contribution >= 4 is 17.5 Å². The van der Waals surface area contributed by atoms with Gasteiger partial charge in [0.15, 0.2) is 0 Å². The van der Waals surface area contributed by atoms with E-state index in [0.717, 1.165) is 12.8 Å². The summed E-state index contributed by atoms with van der Waals surface area (Å²) in [6.45, 7) is 4.55. The van der Waals surface area contributed by atoms with Crippen LogP contribution in [0.2, 0.25) is 0 Å². The third-order valence-corrected chi connectivity index (χ3v) is 1.59. The standard InChI is InChI=1S/C7H14ClNO/c1-3-5-6(8)7(10)9-4-2/h6H,3-5H2,1-2H3,(H,9,10). The van der Waals surface area contributed by atoms with Crippen molar-refractivity contribution in [2.45, 2.75) is 32.1 Å². The molecule has 0 heterocycles. The molecule has 1 N–H and O–H groups in total. The van der Waals surface area contributed by atoms with E-state index in [2.05, 4.69) is 5.32 Å². The third kappa shape index (κ3) is 3.72. The molecule has 0 aliphatic heterocycles. The molecule has 0 aromatic carbocycles. The molecular weight excluding hydrogens is 150 g/mol. The SMILES string of the molecule is CCCC(Cl)C(=O)NCC. The molecule has 0 aromatic heterocycles. The molecule has 0 radical (unpaired) electrons. The molecule has 60 valence electrons. The molecule has 0 spiro atoms. The van der Waals surface area contributed by atoms with Crippen LogP contribution < -0.4 is 5.32 Å². The van der Waals surface area contributed by atoms with E-state index in [4.69, 9.17) is 11.6 Å². The summed E-state index contributed by atoms with van der Waals surface area (Å²) in [6, 6.07) is 0. The fraction of sp³-hybridized carbons (Fsp3) is 0.857. The molecule has 10 heavy (non-hydrogen) atoms. The van der Waals surface area contributed by atoms with Gasteiger partial charge >= 0.3 is 0 Å². The Bertz CT molecular complexity index is 106. The van der Waals surface area contributed by atoms with Gasteiger partial charge in [0.25, 0.3) is 0 Å². The van der Waals surface area contributed by atoms with Crippen molar-refractivity contribution in [2.24, 2.45) is 0 Å². The molecule has 0 saturated heterocycles. The van der Waals surface area contributed by atoms with Gasteiger partial charge in [0, 0.05) is 6.54 Å². The van der Waals surface area contributed by atoms with Gasteiger partial charge < -0.3 is 5.32 Å². The Labute approximate surface area is 66.9 Å². The molecule has 0 aliphatic rings. The van der Waals surface area contributed by atoms with E-state index >= 15 is 0 Å². The van der Waals surface area contributed by atoms with Crippen molar-refractivity contribution in [1.29, 1.82) is 0 Å². The van der Waals surface area contributed by atoms with Crippen LogP contribution in [0, 0.1) is 0 Å². The lowest BCUT2D eigenvalue weighted by Gasteiger charge is -2.06. The summed E-state index contributed by atoms with van der Waals surface area (Å²) in [7, 11) is 0. The Morgan fingerprint density at radius 1 is 1.60 bits per heavy atom. The van der Waals surface area contributed by atoms with Crippen molar-refractivity contribution in [3.8, 4) is 0 Å². The van der Waals surface area contributed by atoms with Gasteiger partial charge in [-0.15, -0.1) is 11.6 Å². The summed E-state index contributed by atoms with van der Waals surface area (Å²) in [5.74, 6) is -0.0500. The number of halogens is 1. The van der Waals surface area contributed by atoms with Gasteiger partial charge in [-0.2, -0.15) is 0 Å². The first-order valence-electron chi connectivity index (χ1n) is 3.64. The van der Waals surface area contributed by atoms with Crippen molar-refractivity contribution in [1.82, 2.24) is 5.32 Å². The van der Waals surface area contributed by atoms with Crippen LogP contribution in [0.5, 0.6) is 0 Å². The molecule has 2 nitrogen and oxygen atoms in total. The molecule has 0 aromatic rings. The van der Waals surface area contributed by atoms with E-state index in [9.17, 15) is 4.79 Å². The second-order valence-electron chi connectivity index (χ2n) is 2.15. The van der Waals surface area contributed by atoms with Crippen molar-refractivity contribution in [2.75, 3.05) is 6.54 Å². The number of hydrogen-bond donors (Lipinski definition) is 1. The molecule has 1 unspecified atom stereocenters. The largest absolute Gasteiger partial charge is 0.355 e. The first kappa shape index (κ1) is 9.76. The zero-order chi connectivity index (χ0) is 7.98. The van der Waals surface area contributed by atoms with Crippen LogP contribution in [0.15, 0.2) is 0 Å². The number of amides is 1. The molecule has 0 rings (SSSR count). The molecular formula is C7H14ClNO. The molecule has 3 heteroatoms. The lowest BCUT2D eigenvalue weighted by molar-refractivity contribution is -0.120. The Morgan fingerprint density at radius 3 is 2.60 bits per heavy atom. The first-order chi connectivity index (χ1) is 4.72. The average molecular weight is 164 g/mol. The molecule has 0 bridgehead atoms. The Balaban J connectivity index is 3.49. The summed E-state index contributed by atoms with van der Waals surface area (Å²) in [5, 5.41) is 2.32. The van der Waals surface area contributed by atoms with E-state index in [1.54, 1.807) is 0 Å². The minimum absolute atomic E-state index is 0.0500. The molecule has 0 saturated carbocycles. The summed E-state index contributed by atoms with van der Waals surface area (Å²) in [6.07, 6.45) is 1.71. The number of alkyl halides is 1. The maximum absolute atomic E-state index is 10.9. The Morgan fingerprint density at radius 2 is 2.20 bits per heavy atom. The van der Waals surface area contributed by atoms with E-state index < -0.39 is 0 Å². The van der Waals surface area contributed by atoms with Gasteiger partial charge in [0.1, 0.15) is 5.38 Å². The Kier molecular flexibility index (Phi) is 5.40. The Hall–Kier alpha value is -0.240. The van der Waals surface area contributed by atoms with Gasteiger partial charge in [-0.05, 0) is 13.3 Å². The first-order valence-corrected chi connectivity index (χ1v) is 4.07. The van der Waals surface area contributed by atoms with Crippen LogP contribution in [0.4, 0.5) is 0 Å². The quantitative estimate of drug-likeness (QED) is 0.626. The highest BCUT2D eigenvalue weighted by Crippen LogP contribution is 2.03. The summed E-state index contributed by atoms with van der Waals surface area (Å²) in [4.78, 5) is 10.9. The number of nitrogens with one attached hydrogen (secondary N) is 1. The minimum Gasteiger partial charge on any atom is -0.355 e. The minimum atomic E-state index is -0.343. The van der Waals surface area contributed by atoms with Gasteiger partial charge in [-0.25, -0.2) is 0 Å². The van der Waals surface area contributed by atoms with E-state index in [1.165, 1.54) is 0 Å². The van der Waals surface area contributed by atoms with E-state index in [1.807, 2.05) is 13.8 Å². The maximum Gasteiger partial charge on any atom is 0.238 e. The summed E-state index contributed by atoms with van der Waals surface area (Å²) in [5.41, 5.74) is 0. The zero-order valence-electron chi connectivity index (χ0n) is 6.48. The fourth-order valence-electron chi connectivity index (χ4n) is 0.670. The summed E-state index contributed by atoms with van der Waals surface area (Å²) < 4.78 is 0. The van der Waals surface area contributed by atoms with Crippen molar-refractivity contribution in [3.05, 3.63) is 0 Å². The third-order valence-electron chi connectivity index (χ3n) is 1.18. The van der Waals surface area contributed by atoms with Gasteiger partial charge in [0.05, 0.1) is 0 Å². The van der Waals surface area contributed by atoms with E-state index in [0.29, 0.717) is 6.54 Å². The zero-order valence-corrected chi connectivity index (χ0v) is 7.24. The van der Waals surface area contributed by atoms with E-state index in [-0.39, 0.29) is 11.3 Å². The highest BCUT2D eigenvalue weighted by atomic mass is 35.5. The molecule has 0 fully saturated rings. The molecule has 1 atom stereocenters. The molecule has 1 amide bonds. The number of carbonyl (C=O) groups is 1. The lowest BCUT2D eigenvalue weighted by Crippen LogP contribution is -2.30. The van der Waals surface area contributed by atoms with Gasteiger partial charge in [-0.3, -0.25) is 4.79 Å². The number of hydrogen-bond acceptors (Lipinski definition) is 1. The molecule has 0 aliphatic carbocycles. The van der Waals surface area contributed by atoms with Gasteiger partial charge in [0.2, 0.25) is 5.91 Å². The highest BCUT2D eigenvalue weighted by molar-refractivity contribution is 6.30. The monoisotopic (exact) mass is 163 g/mol. The predicted octanol–water partition coefficient (Wildman–Crippen LogP) is 1.53. The van der Waals surface area contributed by atoms with Crippen molar-refractivity contribution < 1.29 is 4.79 Å². The normalized spacial score (nSPS) is 12.7. The van der Waals surface area contributed by atoms with Crippen LogP contribution in [-0.4, -0.2) is 17.8 Å². The van der Waals surface area contributed by atoms with Crippen LogP contribution in [0.3, 0.4) is 0 Å². The van der Waals surface area contributed by atoms with Crippen LogP contribution >= 0.6 is 11.6 Å². The average Bonchev–Trinajstić information content (AvgIpc) is 1.89. The van der Waals surface area contributed by atoms with Crippen molar-refractivity contribution in [3.63, 3.8) is 0 Å². The maximum atomic E-state index is 10.9. The topological polar surface area (TPSA) is 29.1 Å². The smallest absolute Gasteiger partial charge is 0.238 e. The second kappa shape index (κ2) is 5.54.